The van der Waals surface area contributed by atoms with Gasteiger partial charge in [0.1, 0.15) is 5.69 Å². The van der Waals surface area contributed by atoms with Gasteiger partial charge in [-0.2, -0.15) is 0 Å². The molecule has 5 heteroatoms. The van der Waals surface area contributed by atoms with Gasteiger partial charge in [0.2, 0.25) is 0 Å². The number of benzene rings is 1. The molecule has 1 aromatic carbocycles. The van der Waals surface area contributed by atoms with E-state index in [1.165, 1.54) is 7.11 Å². The van der Waals surface area contributed by atoms with Crippen molar-refractivity contribution in [3.8, 4) is 5.75 Å². The molecule has 70 valence electrons. The minimum Gasteiger partial charge on any atom is -0.490 e. The third-order valence-corrected chi connectivity index (χ3v) is 1.65. The standard InChI is InChI=1S/C8H10N2O3/c1-5-3-6(9)8(10(11)12)7(4-5)13-2/h3-4H,9H2,1-2H3. The lowest BCUT2D eigenvalue weighted by Gasteiger charge is -2.04. The van der Waals surface area contributed by atoms with Crippen molar-refractivity contribution in [2.75, 3.05) is 12.8 Å². The van der Waals surface area contributed by atoms with Crippen LogP contribution in [0.3, 0.4) is 0 Å². The second-order valence-corrected chi connectivity index (χ2v) is 2.66. The van der Waals surface area contributed by atoms with Crippen molar-refractivity contribution >= 4 is 11.4 Å². The van der Waals surface area contributed by atoms with E-state index in [1.54, 1.807) is 19.1 Å². The monoisotopic (exact) mass is 182 g/mol. The highest BCUT2D eigenvalue weighted by Gasteiger charge is 2.19. The third kappa shape index (κ3) is 1.69. The van der Waals surface area contributed by atoms with Gasteiger partial charge in [0.15, 0.2) is 5.75 Å². The summed E-state index contributed by atoms with van der Waals surface area (Å²) < 4.78 is 4.85. The molecule has 0 saturated carbocycles. The van der Waals surface area contributed by atoms with Gasteiger partial charge in [-0.1, -0.05) is 0 Å². The number of nitro groups is 1. The zero-order valence-electron chi connectivity index (χ0n) is 7.40. The summed E-state index contributed by atoms with van der Waals surface area (Å²) in [5.74, 6) is 0.197. The van der Waals surface area contributed by atoms with Crippen LogP contribution < -0.4 is 10.5 Å². The van der Waals surface area contributed by atoms with Crippen LogP contribution in [0.1, 0.15) is 5.56 Å². The Morgan fingerprint density at radius 1 is 1.54 bits per heavy atom. The number of nitrogens with two attached hydrogens (primary N) is 1. The molecular formula is C8H10N2O3. The minimum absolute atomic E-state index is 0.127. The van der Waals surface area contributed by atoms with Gasteiger partial charge in [-0.05, 0) is 24.6 Å². The van der Waals surface area contributed by atoms with Crippen LogP contribution in [0.25, 0.3) is 0 Å². The Bertz CT molecular complexity index is 349. The van der Waals surface area contributed by atoms with Crippen LogP contribution in [-0.4, -0.2) is 12.0 Å². The number of hydrogen-bond acceptors (Lipinski definition) is 4. The fourth-order valence-electron chi connectivity index (χ4n) is 1.12. The lowest BCUT2D eigenvalue weighted by Crippen LogP contribution is -1.99. The predicted octanol–water partition coefficient (Wildman–Crippen LogP) is 1.49. The molecule has 1 rings (SSSR count). The quantitative estimate of drug-likeness (QED) is 0.427. The third-order valence-electron chi connectivity index (χ3n) is 1.65. The Morgan fingerprint density at radius 3 is 2.62 bits per heavy atom. The number of methoxy groups -OCH3 is 1. The van der Waals surface area contributed by atoms with Gasteiger partial charge < -0.3 is 10.5 Å². The highest BCUT2D eigenvalue weighted by Crippen LogP contribution is 2.33. The van der Waals surface area contributed by atoms with Gasteiger partial charge in [-0.15, -0.1) is 0 Å². The lowest BCUT2D eigenvalue weighted by molar-refractivity contribution is -0.384. The minimum atomic E-state index is -0.548. The summed E-state index contributed by atoms with van der Waals surface area (Å²) >= 11 is 0. The SMILES string of the molecule is COc1cc(C)cc(N)c1[N+](=O)[O-]. The van der Waals surface area contributed by atoms with Crippen LogP contribution >= 0.6 is 0 Å². The lowest BCUT2D eigenvalue weighted by atomic mass is 10.2. The average molecular weight is 182 g/mol. The van der Waals surface area contributed by atoms with Crippen LogP contribution in [0.5, 0.6) is 5.75 Å². The van der Waals surface area contributed by atoms with Crippen molar-refractivity contribution < 1.29 is 9.66 Å². The number of aryl methyl sites for hydroxylation is 1. The summed E-state index contributed by atoms with van der Waals surface area (Å²) in [5.41, 5.74) is 6.26. The first-order valence-corrected chi connectivity index (χ1v) is 3.64. The molecule has 0 aliphatic rings. The molecule has 2 N–H and O–H groups in total. The fraction of sp³-hybridized carbons (Fsp3) is 0.250. The Kier molecular flexibility index (Phi) is 2.36. The van der Waals surface area contributed by atoms with Crippen LogP contribution in [0.4, 0.5) is 11.4 Å². The van der Waals surface area contributed by atoms with E-state index in [9.17, 15) is 10.1 Å². The maximum Gasteiger partial charge on any atom is 0.333 e. The van der Waals surface area contributed by atoms with Gasteiger partial charge in [-0.3, -0.25) is 10.1 Å². The van der Waals surface area contributed by atoms with Crippen molar-refractivity contribution in [2.24, 2.45) is 0 Å². The number of nitro benzene ring substituents is 1. The highest BCUT2D eigenvalue weighted by atomic mass is 16.6. The maximum absolute atomic E-state index is 10.6. The van der Waals surface area contributed by atoms with Crippen LogP contribution in [-0.2, 0) is 0 Å². The van der Waals surface area contributed by atoms with Gasteiger partial charge in [-0.25, -0.2) is 0 Å². The Labute approximate surface area is 75.3 Å². The van der Waals surface area contributed by atoms with Gasteiger partial charge in [0.25, 0.3) is 0 Å². The number of ether oxygens (including phenoxy) is 1. The molecule has 0 heterocycles. The van der Waals surface area contributed by atoms with E-state index in [0.717, 1.165) is 5.56 Å². The van der Waals surface area contributed by atoms with Crippen molar-refractivity contribution in [1.29, 1.82) is 0 Å². The van der Waals surface area contributed by atoms with E-state index in [0.29, 0.717) is 0 Å². The molecule has 5 nitrogen and oxygen atoms in total. The molecule has 0 amide bonds. The molecular weight excluding hydrogens is 172 g/mol. The molecule has 0 bridgehead atoms. The molecule has 1 aromatic rings. The van der Waals surface area contributed by atoms with E-state index in [-0.39, 0.29) is 17.1 Å². The molecule has 0 aliphatic carbocycles. The van der Waals surface area contributed by atoms with E-state index in [1.807, 2.05) is 0 Å². The van der Waals surface area contributed by atoms with E-state index in [4.69, 9.17) is 10.5 Å². The summed E-state index contributed by atoms with van der Waals surface area (Å²) in [7, 11) is 1.38. The largest absolute Gasteiger partial charge is 0.490 e. The molecule has 0 aliphatic heterocycles. The van der Waals surface area contributed by atoms with Crippen molar-refractivity contribution in [3.05, 3.63) is 27.8 Å². The molecule has 13 heavy (non-hydrogen) atoms. The molecule has 0 fully saturated rings. The van der Waals surface area contributed by atoms with E-state index >= 15 is 0 Å². The smallest absolute Gasteiger partial charge is 0.333 e. The van der Waals surface area contributed by atoms with Crippen LogP contribution in [0, 0.1) is 17.0 Å². The second kappa shape index (κ2) is 3.30. The van der Waals surface area contributed by atoms with E-state index in [2.05, 4.69) is 0 Å². The first kappa shape index (κ1) is 9.31. The number of hydrogen-bond donors (Lipinski definition) is 1. The van der Waals surface area contributed by atoms with Gasteiger partial charge >= 0.3 is 5.69 Å². The topological polar surface area (TPSA) is 78.4 Å². The summed E-state index contributed by atoms with van der Waals surface area (Å²) in [6.45, 7) is 1.79. The fourth-order valence-corrected chi connectivity index (χ4v) is 1.12. The molecule has 0 atom stereocenters. The number of nitrogen functional groups attached to an aromatic ring is 1. The first-order valence-electron chi connectivity index (χ1n) is 3.64. The Balaban J connectivity index is 3.38. The van der Waals surface area contributed by atoms with Crippen LogP contribution in [0.15, 0.2) is 12.1 Å². The zero-order chi connectivity index (χ0) is 10.0. The Hall–Kier alpha value is -1.78. The molecule has 0 spiro atoms. The summed E-state index contributed by atoms with van der Waals surface area (Å²) in [6.07, 6.45) is 0. The first-order chi connectivity index (χ1) is 6.06. The number of anilines is 1. The molecule has 0 saturated heterocycles. The van der Waals surface area contributed by atoms with Gasteiger partial charge in [0, 0.05) is 0 Å². The predicted molar refractivity (Wildman–Crippen MR) is 48.8 cm³/mol. The normalized spacial score (nSPS) is 9.69. The average Bonchev–Trinajstić information content (AvgIpc) is 2.01. The second-order valence-electron chi connectivity index (χ2n) is 2.66. The van der Waals surface area contributed by atoms with E-state index < -0.39 is 4.92 Å². The number of rotatable bonds is 2. The summed E-state index contributed by atoms with van der Waals surface area (Å²) in [6, 6.07) is 3.12. The maximum atomic E-state index is 10.6. The van der Waals surface area contributed by atoms with Crippen molar-refractivity contribution in [1.82, 2.24) is 0 Å². The summed E-state index contributed by atoms with van der Waals surface area (Å²) in [4.78, 5) is 10.0. The van der Waals surface area contributed by atoms with Crippen molar-refractivity contribution in [2.45, 2.75) is 6.92 Å². The van der Waals surface area contributed by atoms with Crippen LogP contribution in [0.2, 0.25) is 0 Å². The molecule has 0 radical (unpaired) electrons. The number of nitrogens with zero attached hydrogens (tertiary/aromatic N) is 1. The Morgan fingerprint density at radius 2 is 2.15 bits per heavy atom. The zero-order valence-corrected chi connectivity index (χ0v) is 7.40. The van der Waals surface area contributed by atoms with Gasteiger partial charge in [0.05, 0.1) is 12.0 Å². The highest BCUT2D eigenvalue weighted by molar-refractivity contribution is 5.67. The summed E-state index contributed by atoms with van der Waals surface area (Å²) in [5, 5.41) is 10.6. The van der Waals surface area contributed by atoms with Crippen molar-refractivity contribution in [3.63, 3.8) is 0 Å². The molecule has 0 unspecified atom stereocenters. The molecule has 0 aromatic heterocycles.